The number of nitrogens with zero attached hydrogens (tertiary/aromatic N) is 2. The Morgan fingerprint density at radius 2 is 2.16 bits per heavy atom. The highest BCUT2D eigenvalue weighted by Crippen LogP contribution is 2.15. The van der Waals surface area contributed by atoms with Gasteiger partial charge < -0.3 is 4.90 Å². The molecule has 1 amide bonds. The molecule has 19 heavy (non-hydrogen) atoms. The molecule has 0 fully saturated rings. The average molecular weight is 321 g/mol. The van der Waals surface area contributed by atoms with Crippen LogP contribution in [0.5, 0.6) is 0 Å². The molecule has 0 bridgehead atoms. The average Bonchev–Trinajstić information content (AvgIpc) is 2.46. The van der Waals surface area contributed by atoms with Gasteiger partial charge >= 0.3 is 0 Å². The lowest BCUT2D eigenvalue weighted by Crippen LogP contribution is -2.33. The molecule has 2 aromatic rings. The predicted molar refractivity (Wildman–Crippen MR) is 81.7 cm³/mol. The second kappa shape index (κ2) is 6.66. The third kappa shape index (κ3) is 3.32. The van der Waals surface area contributed by atoms with Crippen molar-refractivity contribution in [1.29, 1.82) is 0 Å². The van der Waals surface area contributed by atoms with E-state index in [1.807, 2.05) is 35.2 Å². The zero-order valence-corrected chi connectivity index (χ0v) is 12.6. The van der Waals surface area contributed by atoms with Crippen LogP contribution in [-0.4, -0.2) is 34.2 Å². The maximum atomic E-state index is 12.5. The Morgan fingerprint density at radius 3 is 2.89 bits per heavy atom. The van der Waals surface area contributed by atoms with Crippen molar-refractivity contribution in [3.8, 4) is 0 Å². The molecular formula is C15H17BrN2O. The lowest BCUT2D eigenvalue weighted by Gasteiger charge is -2.21. The molecule has 0 atom stereocenters. The van der Waals surface area contributed by atoms with Crippen molar-refractivity contribution in [2.75, 3.05) is 18.4 Å². The van der Waals surface area contributed by atoms with Gasteiger partial charge in [0.1, 0.15) is 0 Å². The van der Waals surface area contributed by atoms with Crippen LogP contribution in [0.4, 0.5) is 0 Å². The fourth-order valence-corrected chi connectivity index (χ4v) is 2.51. The van der Waals surface area contributed by atoms with Crippen LogP contribution < -0.4 is 0 Å². The van der Waals surface area contributed by atoms with Crippen LogP contribution in [0.2, 0.25) is 0 Å². The number of carbonyl (C=O) groups is 1. The Balaban J connectivity index is 2.29. The first-order valence-corrected chi connectivity index (χ1v) is 7.58. The van der Waals surface area contributed by atoms with Crippen LogP contribution >= 0.6 is 15.9 Å². The third-order valence-electron chi connectivity index (χ3n) is 2.99. The zero-order valence-electron chi connectivity index (χ0n) is 11.0. The molecule has 0 saturated heterocycles. The van der Waals surface area contributed by atoms with E-state index >= 15 is 0 Å². The maximum absolute atomic E-state index is 12.5. The lowest BCUT2D eigenvalue weighted by atomic mass is 10.1. The van der Waals surface area contributed by atoms with Crippen LogP contribution in [0.25, 0.3) is 10.9 Å². The van der Waals surface area contributed by atoms with E-state index in [0.29, 0.717) is 0 Å². The van der Waals surface area contributed by atoms with Crippen molar-refractivity contribution < 1.29 is 4.79 Å². The summed E-state index contributed by atoms with van der Waals surface area (Å²) in [6, 6.07) is 9.55. The number of rotatable bonds is 5. The maximum Gasteiger partial charge on any atom is 0.253 e. The SMILES string of the molecule is CCCN(CCBr)C(=O)c1ccc2ncccc2c1. The predicted octanol–water partition coefficient (Wildman–Crippen LogP) is 3.48. The van der Waals surface area contributed by atoms with Gasteiger partial charge in [-0.3, -0.25) is 9.78 Å². The first kappa shape index (κ1) is 14.0. The minimum atomic E-state index is 0.0899. The molecule has 3 nitrogen and oxygen atoms in total. The number of pyridine rings is 1. The van der Waals surface area contributed by atoms with Crippen molar-refractivity contribution in [1.82, 2.24) is 9.88 Å². The van der Waals surface area contributed by atoms with E-state index in [1.54, 1.807) is 6.20 Å². The van der Waals surface area contributed by atoms with E-state index < -0.39 is 0 Å². The molecule has 0 aliphatic carbocycles. The second-order valence-electron chi connectivity index (χ2n) is 4.39. The summed E-state index contributed by atoms with van der Waals surface area (Å²) in [4.78, 5) is 18.6. The molecule has 0 spiro atoms. The van der Waals surface area contributed by atoms with Gasteiger partial charge in [0.2, 0.25) is 0 Å². The van der Waals surface area contributed by atoms with Gasteiger partial charge in [0.15, 0.2) is 0 Å². The molecule has 4 heteroatoms. The minimum absolute atomic E-state index is 0.0899. The number of fused-ring (bicyclic) bond motifs is 1. The highest BCUT2D eigenvalue weighted by Gasteiger charge is 2.14. The smallest absolute Gasteiger partial charge is 0.253 e. The largest absolute Gasteiger partial charge is 0.338 e. The van der Waals surface area contributed by atoms with Crippen molar-refractivity contribution in [3.05, 3.63) is 42.1 Å². The number of alkyl halides is 1. The van der Waals surface area contributed by atoms with Crippen molar-refractivity contribution in [2.24, 2.45) is 0 Å². The highest BCUT2D eigenvalue weighted by molar-refractivity contribution is 9.09. The number of carbonyl (C=O) groups excluding carboxylic acids is 1. The molecule has 0 aliphatic heterocycles. The number of halogens is 1. The van der Waals surface area contributed by atoms with Gasteiger partial charge in [0, 0.05) is 35.6 Å². The number of benzene rings is 1. The normalized spacial score (nSPS) is 10.6. The number of hydrogen-bond acceptors (Lipinski definition) is 2. The number of aromatic nitrogens is 1. The Hall–Kier alpha value is -1.42. The van der Waals surface area contributed by atoms with Gasteiger partial charge in [0.05, 0.1) is 5.52 Å². The van der Waals surface area contributed by atoms with Crippen LogP contribution in [0.3, 0.4) is 0 Å². The summed E-state index contributed by atoms with van der Waals surface area (Å²) in [6.45, 7) is 3.60. The molecule has 0 N–H and O–H groups in total. The summed E-state index contributed by atoms with van der Waals surface area (Å²) < 4.78 is 0. The van der Waals surface area contributed by atoms with Gasteiger partial charge in [-0.05, 0) is 30.7 Å². The first-order valence-electron chi connectivity index (χ1n) is 6.46. The third-order valence-corrected chi connectivity index (χ3v) is 3.34. The summed E-state index contributed by atoms with van der Waals surface area (Å²) in [7, 11) is 0. The minimum Gasteiger partial charge on any atom is -0.338 e. The Labute approximate surface area is 121 Å². The van der Waals surface area contributed by atoms with Crippen LogP contribution in [0.15, 0.2) is 36.5 Å². The summed E-state index contributed by atoms with van der Waals surface area (Å²) in [5, 5.41) is 1.80. The van der Waals surface area contributed by atoms with Gasteiger partial charge in [-0.15, -0.1) is 0 Å². The van der Waals surface area contributed by atoms with E-state index in [4.69, 9.17) is 0 Å². The molecule has 0 aliphatic rings. The lowest BCUT2D eigenvalue weighted by molar-refractivity contribution is 0.0766. The molecule has 0 unspecified atom stereocenters. The van der Waals surface area contributed by atoms with Crippen LogP contribution in [0, 0.1) is 0 Å². The Morgan fingerprint density at radius 1 is 1.32 bits per heavy atom. The van der Waals surface area contributed by atoms with Crippen molar-refractivity contribution >= 4 is 32.7 Å². The number of amides is 1. The zero-order chi connectivity index (χ0) is 13.7. The molecule has 1 heterocycles. The van der Waals surface area contributed by atoms with E-state index in [2.05, 4.69) is 27.8 Å². The van der Waals surface area contributed by atoms with Gasteiger partial charge in [-0.25, -0.2) is 0 Å². The van der Waals surface area contributed by atoms with Crippen LogP contribution in [0.1, 0.15) is 23.7 Å². The summed E-state index contributed by atoms with van der Waals surface area (Å²) in [6.07, 6.45) is 2.73. The van der Waals surface area contributed by atoms with Crippen LogP contribution in [-0.2, 0) is 0 Å². The molecule has 0 radical (unpaired) electrons. The quantitative estimate of drug-likeness (QED) is 0.790. The van der Waals surface area contributed by atoms with Gasteiger partial charge in [0.25, 0.3) is 5.91 Å². The monoisotopic (exact) mass is 320 g/mol. The van der Waals surface area contributed by atoms with Crippen molar-refractivity contribution in [3.63, 3.8) is 0 Å². The highest BCUT2D eigenvalue weighted by atomic mass is 79.9. The molecule has 2 rings (SSSR count). The number of hydrogen-bond donors (Lipinski definition) is 0. The standard InChI is InChI=1S/C15H17BrN2O/c1-2-9-18(10-7-16)15(19)13-5-6-14-12(11-13)4-3-8-17-14/h3-6,8,11H,2,7,9-10H2,1H3. The van der Waals surface area contributed by atoms with E-state index in [1.165, 1.54) is 0 Å². The van der Waals surface area contributed by atoms with E-state index in [9.17, 15) is 4.79 Å². The molecule has 100 valence electrons. The molecule has 1 aromatic carbocycles. The molecular weight excluding hydrogens is 304 g/mol. The van der Waals surface area contributed by atoms with E-state index in [-0.39, 0.29) is 5.91 Å². The summed E-state index contributed by atoms with van der Waals surface area (Å²) in [5.41, 5.74) is 1.65. The topological polar surface area (TPSA) is 33.2 Å². The van der Waals surface area contributed by atoms with Crippen molar-refractivity contribution in [2.45, 2.75) is 13.3 Å². The second-order valence-corrected chi connectivity index (χ2v) is 5.19. The molecule has 1 aromatic heterocycles. The summed E-state index contributed by atoms with van der Waals surface area (Å²) >= 11 is 3.40. The fraction of sp³-hybridized carbons (Fsp3) is 0.333. The first-order chi connectivity index (χ1) is 9.26. The fourth-order valence-electron chi connectivity index (χ4n) is 2.08. The molecule has 0 saturated carbocycles. The Kier molecular flexibility index (Phi) is 4.91. The summed E-state index contributed by atoms with van der Waals surface area (Å²) in [5.74, 6) is 0.0899. The Bertz CT molecular complexity index is 565. The van der Waals surface area contributed by atoms with Gasteiger partial charge in [-0.1, -0.05) is 28.9 Å². The van der Waals surface area contributed by atoms with E-state index in [0.717, 1.165) is 41.3 Å². The van der Waals surface area contributed by atoms with Gasteiger partial charge in [-0.2, -0.15) is 0 Å².